The maximum atomic E-state index is 12.4. The van der Waals surface area contributed by atoms with Crippen molar-refractivity contribution in [2.24, 2.45) is 0 Å². The summed E-state index contributed by atoms with van der Waals surface area (Å²) < 4.78 is 5.35. The molecule has 1 atom stereocenters. The smallest absolute Gasteiger partial charge is 0.335 e. The molecule has 6 heteroatoms. The highest BCUT2D eigenvalue weighted by atomic mass is 16.5. The molecule has 1 aromatic heterocycles. The number of carbonyl (C=O) groups is 2. The third-order valence-electron chi connectivity index (χ3n) is 4.25. The molecule has 1 heterocycles. The minimum atomic E-state index is -1.05. The summed E-state index contributed by atoms with van der Waals surface area (Å²) in [4.78, 5) is 26.8. The van der Waals surface area contributed by atoms with Gasteiger partial charge in [0, 0.05) is 28.4 Å². The topological polar surface area (TPSA) is 105 Å². The SMILES string of the molecule is COc1cc(C(=O)O)ccc1C(C(C)=O)c1c[nH]c2ccc(N)cc12. The van der Waals surface area contributed by atoms with Gasteiger partial charge in [-0.25, -0.2) is 4.79 Å². The van der Waals surface area contributed by atoms with Crippen LogP contribution in [0, 0.1) is 0 Å². The number of nitrogens with two attached hydrogens (primary N) is 1. The van der Waals surface area contributed by atoms with Crippen molar-refractivity contribution in [3.8, 4) is 5.75 Å². The van der Waals surface area contributed by atoms with Crippen LogP contribution in [-0.2, 0) is 4.79 Å². The van der Waals surface area contributed by atoms with E-state index < -0.39 is 11.9 Å². The van der Waals surface area contributed by atoms with E-state index in [1.807, 2.05) is 12.1 Å². The third kappa shape index (κ3) is 2.94. The number of aromatic carboxylic acids is 1. The number of H-pyrrole nitrogens is 1. The molecule has 0 amide bonds. The number of rotatable bonds is 5. The fraction of sp³-hybridized carbons (Fsp3) is 0.158. The maximum absolute atomic E-state index is 12.4. The number of hydrogen-bond acceptors (Lipinski definition) is 4. The molecule has 2 aromatic carbocycles. The minimum Gasteiger partial charge on any atom is -0.496 e. The van der Waals surface area contributed by atoms with Crippen LogP contribution in [0.25, 0.3) is 10.9 Å². The number of carbonyl (C=O) groups excluding carboxylic acids is 1. The van der Waals surface area contributed by atoms with Crippen molar-refractivity contribution >= 4 is 28.3 Å². The summed E-state index contributed by atoms with van der Waals surface area (Å²) in [6, 6.07) is 9.98. The molecule has 0 saturated heterocycles. The molecule has 0 aliphatic carbocycles. The van der Waals surface area contributed by atoms with Crippen molar-refractivity contribution < 1.29 is 19.4 Å². The maximum Gasteiger partial charge on any atom is 0.335 e. The second-order valence-electron chi connectivity index (χ2n) is 5.85. The van der Waals surface area contributed by atoms with Crippen LogP contribution in [-0.4, -0.2) is 29.0 Å². The van der Waals surface area contributed by atoms with E-state index in [1.54, 1.807) is 18.3 Å². The van der Waals surface area contributed by atoms with Crippen molar-refractivity contribution in [1.29, 1.82) is 0 Å². The van der Waals surface area contributed by atoms with Gasteiger partial charge < -0.3 is 20.6 Å². The van der Waals surface area contributed by atoms with E-state index >= 15 is 0 Å². The Balaban J connectivity index is 2.21. The highest BCUT2D eigenvalue weighted by molar-refractivity contribution is 5.96. The Morgan fingerprint density at radius 1 is 1.16 bits per heavy atom. The monoisotopic (exact) mass is 338 g/mol. The molecule has 0 aliphatic rings. The van der Waals surface area contributed by atoms with Crippen LogP contribution in [0.1, 0.15) is 34.3 Å². The Labute approximate surface area is 144 Å². The molecule has 0 aliphatic heterocycles. The second kappa shape index (κ2) is 6.32. The van der Waals surface area contributed by atoms with Gasteiger partial charge in [0.2, 0.25) is 0 Å². The molecular formula is C19H18N2O4. The summed E-state index contributed by atoms with van der Waals surface area (Å²) in [6.07, 6.45) is 1.78. The number of aromatic nitrogens is 1. The predicted octanol–water partition coefficient (Wildman–Crippen LogP) is 3.18. The van der Waals surface area contributed by atoms with Crippen LogP contribution in [0.15, 0.2) is 42.6 Å². The molecule has 1 unspecified atom stereocenters. The number of carboxylic acid groups (broad SMARTS) is 1. The van der Waals surface area contributed by atoms with Gasteiger partial charge in [0.15, 0.2) is 0 Å². The van der Waals surface area contributed by atoms with Crippen molar-refractivity contribution in [2.75, 3.05) is 12.8 Å². The molecule has 6 nitrogen and oxygen atoms in total. The van der Waals surface area contributed by atoms with Gasteiger partial charge in [-0.2, -0.15) is 0 Å². The van der Waals surface area contributed by atoms with E-state index in [1.165, 1.54) is 26.2 Å². The van der Waals surface area contributed by atoms with Crippen LogP contribution in [0.4, 0.5) is 5.69 Å². The summed E-state index contributed by atoms with van der Waals surface area (Å²) in [7, 11) is 1.45. The van der Waals surface area contributed by atoms with Crippen LogP contribution in [0.5, 0.6) is 5.75 Å². The highest BCUT2D eigenvalue weighted by Crippen LogP contribution is 2.37. The van der Waals surface area contributed by atoms with E-state index in [4.69, 9.17) is 15.6 Å². The van der Waals surface area contributed by atoms with E-state index in [-0.39, 0.29) is 11.3 Å². The van der Waals surface area contributed by atoms with E-state index in [0.29, 0.717) is 17.0 Å². The Morgan fingerprint density at radius 3 is 2.56 bits per heavy atom. The first-order valence-electron chi connectivity index (χ1n) is 7.70. The van der Waals surface area contributed by atoms with Gasteiger partial charge in [0.25, 0.3) is 0 Å². The first-order chi connectivity index (χ1) is 11.9. The Bertz CT molecular complexity index is 975. The number of nitrogens with one attached hydrogen (secondary N) is 1. The summed E-state index contributed by atoms with van der Waals surface area (Å²) in [6.45, 7) is 1.50. The highest BCUT2D eigenvalue weighted by Gasteiger charge is 2.26. The van der Waals surface area contributed by atoms with Gasteiger partial charge in [-0.1, -0.05) is 6.07 Å². The molecular weight excluding hydrogens is 320 g/mol. The Kier molecular flexibility index (Phi) is 4.19. The fourth-order valence-corrected chi connectivity index (χ4v) is 3.09. The molecule has 0 radical (unpaired) electrons. The fourth-order valence-electron chi connectivity index (χ4n) is 3.09. The number of methoxy groups -OCH3 is 1. The number of ether oxygens (including phenoxy) is 1. The molecule has 4 N–H and O–H groups in total. The van der Waals surface area contributed by atoms with Crippen LogP contribution >= 0.6 is 0 Å². The number of anilines is 1. The van der Waals surface area contributed by atoms with Gasteiger partial charge >= 0.3 is 5.97 Å². The molecule has 0 fully saturated rings. The van der Waals surface area contributed by atoms with Crippen molar-refractivity contribution in [3.05, 3.63) is 59.3 Å². The Morgan fingerprint density at radius 2 is 1.92 bits per heavy atom. The lowest BCUT2D eigenvalue weighted by atomic mass is 9.87. The lowest BCUT2D eigenvalue weighted by Gasteiger charge is -2.18. The summed E-state index contributed by atoms with van der Waals surface area (Å²) in [5, 5.41) is 10.0. The second-order valence-corrected chi connectivity index (χ2v) is 5.85. The van der Waals surface area contributed by atoms with Gasteiger partial charge in [0.05, 0.1) is 18.6 Å². The third-order valence-corrected chi connectivity index (χ3v) is 4.25. The molecule has 128 valence electrons. The van der Waals surface area contributed by atoms with E-state index in [9.17, 15) is 9.59 Å². The van der Waals surface area contributed by atoms with Crippen LogP contribution in [0.2, 0.25) is 0 Å². The van der Waals surface area contributed by atoms with Gasteiger partial charge in [0.1, 0.15) is 11.5 Å². The molecule has 25 heavy (non-hydrogen) atoms. The van der Waals surface area contributed by atoms with Crippen molar-refractivity contribution in [1.82, 2.24) is 4.98 Å². The quantitative estimate of drug-likeness (QED) is 0.620. The number of carboxylic acids is 1. The number of ketones is 1. The number of fused-ring (bicyclic) bond motifs is 1. The molecule has 3 rings (SSSR count). The van der Waals surface area contributed by atoms with Crippen molar-refractivity contribution in [2.45, 2.75) is 12.8 Å². The zero-order valence-corrected chi connectivity index (χ0v) is 13.9. The van der Waals surface area contributed by atoms with Gasteiger partial charge in [-0.15, -0.1) is 0 Å². The lowest BCUT2D eigenvalue weighted by Crippen LogP contribution is -2.12. The van der Waals surface area contributed by atoms with E-state index in [0.717, 1.165) is 16.5 Å². The van der Waals surface area contributed by atoms with Crippen LogP contribution in [0.3, 0.4) is 0 Å². The summed E-state index contributed by atoms with van der Waals surface area (Å²) >= 11 is 0. The van der Waals surface area contributed by atoms with Gasteiger partial charge in [-0.3, -0.25) is 4.79 Å². The first-order valence-corrected chi connectivity index (χ1v) is 7.70. The number of hydrogen-bond donors (Lipinski definition) is 3. The zero-order valence-electron chi connectivity index (χ0n) is 13.9. The number of nitrogen functional groups attached to an aromatic ring is 1. The molecule has 0 spiro atoms. The van der Waals surface area contributed by atoms with Crippen LogP contribution < -0.4 is 10.5 Å². The van der Waals surface area contributed by atoms with E-state index in [2.05, 4.69) is 4.98 Å². The van der Waals surface area contributed by atoms with Gasteiger partial charge in [-0.05, 0) is 42.8 Å². The average Bonchev–Trinajstić information content (AvgIpc) is 2.97. The predicted molar refractivity (Wildman–Crippen MR) is 95.2 cm³/mol. The first kappa shape index (κ1) is 16.6. The molecule has 3 aromatic rings. The minimum absolute atomic E-state index is 0.0790. The molecule has 0 bridgehead atoms. The standard InChI is InChI=1S/C19H18N2O4/c1-10(22)18(13-5-3-11(19(23)24)7-17(13)25-2)15-9-21-16-6-4-12(20)8-14(15)16/h3-9,18,21H,20H2,1-2H3,(H,23,24). The largest absolute Gasteiger partial charge is 0.496 e. The normalized spacial score (nSPS) is 12.1. The zero-order chi connectivity index (χ0) is 18.1. The Hall–Kier alpha value is -3.28. The average molecular weight is 338 g/mol. The number of Topliss-reactive ketones (excluding diaryl/α,β-unsaturated/α-hetero) is 1. The van der Waals surface area contributed by atoms with Crippen molar-refractivity contribution in [3.63, 3.8) is 0 Å². The summed E-state index contributed by atoms with van der Waals surface area (Å²) in [5.41, 5.74) is 8.85. The molecule has 0 saturated carbocycles. The number of aromatic amines is 1. The summed E-state index contributed by atoms with van der Waals surface area (Å²) in [5.74, 6) is -1.36. The number of benzene rings is 2. The lowest BCUT2D eigenvalue weighted by molar-refractivity contribution is -0.117.